The average Bonchev–Trinajstić information content (AvgIpc) is 2.55. The van der Waals surface area contributed by atoms with Gasteiger partial charge in [-0.3, -0.25) is 4.72 Å². The zero-order valence-electron chi connectivity index (χ0n) is 13.4. The van der Waals surface area contributed by atoms with Crippen molar-refractivity contribution in [2.24, 2.45) is 5.92 Å². The van der Waals surface area contributed by atoms with Crippen LogP contribution in [0.1, 0.15) is 19.8 Å². The van der Waals surface area contributed by atoms with Gasteiger partial charge in [0.1, 0.15) is 10.7 Å². The van der Waals surface area contributed by atoms with Crippen molar-refractivity contribution in [1.29, 1.82) is 0 Å². The molecule has 1 aliphatic heterocycles. The monoisotopic (exact) mass is 365 g/mol. The van der Waals surface area contributed by atoms with Crippen LogP contribution < -0.4 is 9.62 Å². The lowest BCUT2D eigenvalue weighted by molar-refractivity contribution is 0.444. The summed E-state index contributed by atoms with van der Waals surface area (Å²) in [6.07, 6.45) is 3.94. The van der Waals surface area contributed by atoms with Gasteiger partial charge in [0.2, 0.25) is 0 Å². The minimum atomic E-state index is -3.73. The summed E-state index contributed by atoms with van der Waals surface area (Å²) in [7, 11) is -3.73. The summed E-state index contributed by atoms with van der Waals surface area (Å²) in [5.41, 5.74) is 0.420. The van der Waals surface area contributed by atoms with Crippen molar-refractivity contribution in [3.05, 3.63) is 47.6 Å². The van der Waals surface area contributed by atoms with Gasteiger partial charge in [-0.05, 0) is 43.0 Å². The Morgan fingerprint density at radius 2 is 2.04 bits per heavy atom. The third kappa shape index (κ3) is 3.82. The van der Waals surface area contributed by atoms with Crippen LogP contribution in [0.2, 0.25) is 5.02 Å². The van der Waals surface area contributed by atoms with Crippen LogP contribution in [0.25, 0.3) is 0 Å². The van der Waals surface area contributed by atoms with Crippen LogP contribution in [0.5, 0.6) is 0 Å². The van der Waals surface area contributed by atoms with Crippen LogP contribution >= 0.6 is 11.6 Å². The molecule has 1 aliphatic rings. The topological polar surface area (TPSA) is 62.3 Å². The Morgan fingerprint density at radius 1 is 1.25 bits per heavy atom. The molecule has 5 nitrogen and oxygen atoms in total. The summed E-state index contributed by atoms with van der Waals surface area (Å²) in [6, 6.07) is 9.94. The highest BCUT2D eigenvalue weighted by atomic mass is 35.5. The molecule has 3 rings (SSSR count). The number of rotatable bonds is 4. The van der Waals surface area contributed by atoms with Crippen molar-refractivity contribution in [3.8, 4) is 0 Å². The molecule has 0 aliphatic carbocycles. The second-order valence-electron chi connectivity index (χ2n) is 6.13. The zero-order chi connectivity index (χ0) is 17.2. The second kappa shape index (κ2) is 6.99. The molecule has 0 bridgehead atoms. The first kappa shape index (κ1) is 17.0. The van der Waals surface area contributed by atoms with Crippen LogP contribution in [-0.2, 0) is 10.0 Å². The standard InChI is InChI=1S/C17H20ClN3O2S/c1-13-5-4-10-21(12-13)17-9-8-14(11-19-17)20-24(22,23)16-7-3-2-6-15(16)18/h2-3,6-9,11,13,20H,4-5,10,12H2,1H3. The van der Waals surface area contributed by atoms with E-state index >= 15 is 0 Å². The van der Waals surface area contributed by atoms with E-state index in [1.54, 1.807) is 30.5 Å². The number of pyridine rings is 1. The molecule has 1 N–H and O–H groups in total. The molecule has 1 saturated heterocycles. The summed E-state index contributed by atoms with van der Waals surface area (Å²) in [4.78, 5) is 6.70. The van der Waals surface area contributed by atoms with Crippen molar-refractivity contribution in [1.82, 2.24) is 4.98 Å². The first-order chi connectivity index (χ1) is 11.5. The van der Waals surface area contributed by atoms with E-state index in [0.717, 1.165) is 25.3 Å². The average molecular weight is 366 g/mol. The Bertz CT molecular complexity index is 809. The molecule has 7 heteroatoms. The Morgan fingerprint density at radius 3 is 2.71 bits per heavy atom. The molecule has 0 amide bonds. The van der Waals surface area contributed by atoms with E-state index in [1.165, 1.54) is 12.5 Å². The lowest BCUT2D eigenvalue weighted by Crippen LogP contribution is -2.34. The number of nitrogens with zero attached hydrogens (tertiary/aromatic N) is 2. The van der Waals surface area contributed by atoms with Gasteiger partial charge in [-0.2, -0.15) is 0 Å². The number of halogens is 1. The number of benzene rings is 1. The third-order valence-corrected chi connectivity index (χ3v) is 5.99. The smallest absolute Gasteiger partial charge is 0.263 e. The molecule has 24 heavy (non-hydrogen) atoms. The summed E-state index contributed by atoms with van der Waals surface area (Å²) in [6.45, 7) is 4.21. The fraction of sp³-hybridized carbons (Fsp3) is 0.353. The highest BCUT2D eigenvalue weighted by Gasteiger charge is 2.19. The molecular weight excluding hydrogens is 346 g/mol. The maximum absolute atomic E-state index is 12.4. The van der Waals surface area contributed by atoms with Crippen LogP contribution in [0, 0.1) is 5.92 Å². The molecule has 2 heterocycles. The summed E-state index contributed by atoms with van der Waals surface area (Å²) >= 11 is 5.97. The fourth-order valence-electron chi connectivity index (χ4n) is 2.90. The molecule has 0 radical (unpaired) electrons. The lowest BCUT2D eigenvalue weighted by atomic mass is 10.0. The molecule has 1 aromatic carbocycles. The van der Waals surface area contributed by atoms with E-state index in [0.29, 0.717) is 11.6 Å². The molecule has 1 aromatic heterocycles. The number of hydrogen-bond donors (Lipinski definition) is 1. The van der Waals surface area contributed by atoms with E-state index in [1.807, 2.05) is 6.07 Å². The van der Waals surface area contributed by atoms with E-state index in [4.69, 9.17) is 11.6 Å². The quantitative estimate of drug-likeness (QED) is 0.895. The van der Waals surface area contributed by atoms with Crippen molar-refractivity contribution in [3.63, 3.8) is 0 Å². The van der Waals surface area contributed by atoms with E-state index in [9.17, 15) is 8.42 Å². The number of aromatic nitrogens is 1. The van der Waals surface area contributed by atoms with Crippen LogP contribution in [-0.4, -0.2) is 26.5 Å². The Labute approximate surface area is 147 Å². The normalized spacial score (nSPS) is 18.4. The first-order valence-corrected chi connectivity index (χ1v) is 9.80. The van der Waals surface area contributed by atoms with Gasteiger partial charge in [0, 0.05) is 13.1 Å². The molecule has 0 spiro atoms. The number of sulfonamides is 1. The van der Waals surface area contributed by atoms with Crippen LogP contribution in [0.15, 0.2) is 47.5 Å². The Kier molecular flexibility index (Phi) is 4.96. The minimum Gasteiger partial charge on any atom is -0.356 e. The molecule has 2 aromatic rings. The van der Waals surface area contributed by atoms with Gasteiger partial charge >= 0.3 is 0 Å². The lowest BCUT2D eigenvalue weighted by Gasteiger charge is -2.31. The summed E-state index contributed by atoms with van der Waals surface area (Å²) < 4.78 is 27.4. The predicted octanol–water partition coefficient (Wildman–Crippen LogP) is 3.77. The Hall–Kier alpha value is -1.79. The SMILES string of the molecule is CC1CCCN(c2ccc(NS(=O)(=O)c3ccccc3Cl)cn2)C1. The minimum absolute atomic E-state index is 0.0561. The fourth-order valence-corrected chi connectivity index (χ4v) is 4.47. The van der Waals surface area contributed by atoms with Gasteiger partial charge in [-0.15, -0.1) is 0 Å². The number of hydrogen-bond acceptors (Lipinski definition) is 4. The molecule has 1 atom stereocenters. The first-order valence-electron chi connectivity index (χ1n) is 7.94. The van der Waals surface area contributed by atoms with Gasteiger partial charge in [-0.25, -0.2) is 13.4 Å². The van der Waals surface area contributed by atoms with Gasteiger partial charge < -0.3 is 4.90 Å². The van der Waals surface area contributed by atoms with E-state index in [2.05, 4.69) is 21.5 Å². The maximum Gasteiger partial charge on any atom is 0.263 e. The Balaban J connectivity index is 1.75. The molecule has 0 saturated carbocycles. The van der Waals surface area contributed by atoms with Crippen molar-refractivity contribution < 1.29 is 8.42 Å². The van der Waals surface area contributed by atoms with Crippen LogP contribution in [0.4, 0.5) is 11.5 Å². The second-order valence-corrected chi connectivity index (χ2v) is 8.19. The molecule has 1 unspecified atom stereocenters. The van der Waals surface area contributed by atoms with Crippen molar-refractivity contribution in [2.75, 3.05) is 22.7 Å². The number of anilines is 2. The molecule has 128 valence electrons. The third-order valence-electron chi connectivity index (χ3n) is 4.11. The number of piperidine rings is 1. The van der Waals surface area contributed by atoms with Gasteiger partial charge in [0.05, 0.1) is 16.9 Å². The summed E-state index contributed by atoms with van der Waals surface area (Å²) in [5.74, 6) is 1.53. The van der Waals surface area contributed by atoms with Gasteiger partial charge in [-0.1, -0.05) is 30.7 Å². The highest BCUT2D eigenvalue weighted by Crippen LogP contribution is 2.25. The van der Waals surface area contributed by atoms with Crippen molar-refractivity contribution in [2.45, 2.75) is 24.7 Å². The van der Waals surface area contributed by atoms with Gasteiger partial charge in [0.25, 0.3) is 10.0 Å². The highest BCUT2D eigenvalue weighted by molar-refractivity contribution is 7.92. The largest absolute Gasteiger partial charge is 0.356 e. The summed E-state index contributed by atoms with van der Waals surface area (Å²) in [5, 5.41) is 0.192. The maximum atomic E-state index is 12.4. The molecular formula is C17H20ClN3O2S. The van der Waals surface area contributed by atoms with Crippen molar-refractivity contribution >= 4 is 33.1 Å². The van der Waals surface area contributed by atoms with E-state index < -0.39 is 10.0 Å². The predicted molar refractivity (Wildman–Crippen MR) is 97.1 cm³/mol. The van der Waals surface area contributed by atoms with Crippen LogP contribution in [0.3, 0.4) is 0 Å². The molecule has 1 fully saturated rings. The van der Waals surface area contributed by atoms with E-state index in [-0.39, 0.29) is 9.92 Å². The number of nitrogens with one attached hydrogen (secondary N) is 1. The zero-order valence-corrected chi connectivity index (χ0v) is 15.0. The van der Waals surface area contributed by atoms with Gasteiger partial charge in [0.15, 0.2) is 0 Å².